The first-order valence-electron chi connectivity index (χ1n) is 6.85. The zero-order valence-electron chi connectivity index (χ0n) is 11.6. The van der Waals surface area contributed by atoms with Crippen LogP contribution in [-0.4, -0.2) is 18.0 Å². The molecular weight excluding hydrogens is 255 g/mol. The van der Waals surface area contributed by atoms with E-state index in [1.165, 1.54) is 18.2 Å². The zero-order chi connectivity index (χ0) is 14.6. The normalized spacial score (nSPS) is 16.4. The third-order valence-corrected chi connectivity index (χ3v) is 3.67. The van der Waals surface area contributed by atoms with Crippen LogP contribution in [0.15, 0.2) is 18.2 Å². The monoisotopic (exact) mass is 274 g/mol. The van der Waals surface area contributed by atoms with Crippen molar-refractivity contribution in [3.05, 3.63) is 35.1 Å². The van der Waals surface area contributed by atoms with Crippen molar-refractivity contribution in [1.29, 1.82) is 0 Å². The van der Waals surface area contributed by atoms with Crippen LogP contribution in [0.3, 0.4) is 0 Å². The molecule has 0 atom stereocenters. The van der Waals surface area contributed by atoms with Gasteiger partial charge in [0.25, 0.3) is 5.91 Å². The molecule has 106 valence electrons. The molecule has 1 aromatic carbocycles. The minimum absolute atomic E-state index is 0.192. The highest BCUT2D eigenvalue weighted by Crippen LogP contribution is 2.29. The molecule has 0 bridgehead atoms. The van der Waals surface area contributed by atoms with Gasteiger partial charge >= 0.3 is 0 Å². The predicted octanol–water partition coefficient (Wildman–Crippen LogP) is 2.20. The van der Waals surface area contributed by atoms with Gasteiger partial charge in [-0.25, -0.2) is 4.39 Å². The summed E-state index contributed by atoms with van der Waals surface area (Å²) in [6, 6.07) is 4.05. The van der Waals surface area contributed by atoms with Gasteiger partial charge in [-0.15, -0.1) is 0 Å². The molecule has 0 unspecified atom stereocenters. The standard InChI is InChI=1S/C16H19FN2O/c1-16(8-2-3-9-16)19-15(20)14-11-13(17)7-6-12(14)5-4-10-18/h6-7,11H,2-3,8-10,18H2,1H3,(H,19,20). The van der Waals surface area contributed by atoms with Crippen LogP contribution in [0.5, 0.6) is 0 Å². The van der Waals surface area contributed by atoms with Crippen molar-refractivity contribution in [2.24, 2.45) is 5.73 Å². The van der Waals surface area contributed by atoms with Crippen molar-refractivity contribution in [3.63, 3.8) is 0 Å². The van der Waals surface area contributed by atoms with Gasteiger partial charge < -0.3 is 11.1 Å². The molecule has 1 aliphatic rings. The van der Waals surface area contributed by atoms with E-state index in [1.807, 2.05) is 6.92 Å². The number of benzene rings is 1. The lowest BCUT2D eigenvalue weighted by Gasteiger charge is -2.25. The maximum absolute atomic E-state index is 13.4. The summed E-state index contributed by atoms with van der Waals surface area (Å²) in [7, 11) is 0. The summed E-state index contributed by atoms with van der Waals surface area (Å²) in [4.78, 5) is 12.4. The minimum atomic E-state index is -0.440. The van der Waals surface area contributed by atoms with E-state index in [2.05, 4.69) is 17.2 Å². The van der Waals surface area contributed by atoms with E-state index in [1.54, 1.807) is 0 Å². The lowest BCUT2D eigenvalue weighted by Crippen LogP contribution is -2.43. The second-order valence-corrected chi connectivity index (χ2v) is 5.42. The van der Waals surface area contributed by atoms with Crippen LogP contribution in [0, 0.1) is 17.7 Å². The van der Waals surface area contributed by atoms with Gasteiger partial charge in [0.2, 0.25) is 0 Å². The predicted molar refractivity (Wildman–Crippen MR) is 76.7 cm³/mol. The highest BCUT2D eigenvalue weighted by Gasteiger charge is 2.30. The fraction of sp³-hybridized carbons (Fsp3) is 0.438. The number of nitrogens with two attached hydrogens (primary N) is 1. The highest BCUT2D eigenvalue weighted by molar-refractivity contribution is 5.97. The van der Waals surface area contributed by atoms with Gasteiger partial charge in [-0.1, -0.05) is 24.7 Å². The SMILES string of the molecule is CC1(NC(=O)c2cc(F)ccc2C#CCN)CCCC1. The Bertz CT molecular complexity index is 566. The molecule has 0 spiro atoms. The molecule has 1 fully saturated rings. The first-order chi connectivity index (χ1) is 9.54. The summed E-state index contributed by atoms with van der Waals surface area (Å²) in [5.74, 6) is 4.81. The Balaban J connectivity index is 2.26. The fourth-order valence-electron chi connectivity index (χ4n) is 2.58. The molecule has 1 saturated carbocycles. The van der Waals surface area contributed by atoms with E-state index in [-0.39, 0.29) is 23.6 Å². The van der Waals surface area contributed by atoms with Gasteiger partial charge in [-0.05, 0) is 38.0 Å². The van der Waals surface area contributed by atoms with E-state index in [4.69, 9.17) is 5.73 Å². The number of carbonyl (C=O) groups is 1. The van der Waals surface area contributed by atoms with Crippen LogP contribution >= 0.6 is 0 Å². The van der Waals surface area contributed by atoms with Gasteiger partial charge in [0, 0.05) is 11.1 Å². The van der Waals surface area contributed by atoms with Crippen LogP contribution in [0.2, 0.25) is 0 Å². The van der Waals surface area contributed by atoms with Crippen molar-refractivity contribution >= 4 is 5.91 Å². The summed E-state index contributed by atoms with van der Waals surface area (Å²) in [5, 5.41) is 3.01. The highest BCUT2D eigenvalue weighted by atomic mass is 19.1. The number of amides is 1. The molecular formula is C16H19FN2O. The van der Waals surface area contributed by atoms with Crippen molar-refractivity contribution in [2.45, 2.75) is 38.1 Å². The second-order valence-electron chi connectivity index (χ2n) is 5.42. The Morgan fingerprint density at radius 1 is 1.45 bits per heavy atom. The summed E-state index contributed by atoms with van der Waals surface area (Å²) in [6.07, 6.45) is 4.13. The number of hydrogen-bond donors (Lipinski definition) is 2. The molecule has 1 amide bonds. The third-order valence-electron chi connectivity index (χ3n) is 3.67. The number of rotatable bonds is 2. The Hall–Kier alpha value is -1.86. The molecule has 2 rings (SSSR count). The van der Waals surface area contributed by atoms with Gasteiger partial charge in [-0.2, -0.15) is 0 Å². The lowest BCUT2D eigenvalue weighted by atomic mass is 9.99. The average molecular weight is 274 g/mol. The Morgan fingerprint density at radius 2 is 2.15 bits per heavy atom. The average Bonchev–Trinajstić information content (AvgIpc) is 2.83. The van der Waals surface area contributed by atoms with E-state index < -0.39 is 5.82 Å². The van der Waals surface area contributed by atoms with Crippen LogP contribution < -0.4 is 11.1 Å². The quantitative estimate of drug-likeness (QED) is 0.812. The molecule has 20 heavy (non-hydrogen) atoms. The number of halogens is 1. The fourth-order valence-corrected chi connectivity index (χ4v) is 2.58. The molecule has 3 N–H and O–H groups in total. The molecule has 1 aromatic rings. The molecule has 0 aliphatic heterocycles. The number of hydrogen-bond acceptors (Lipinski definition) is 2. The topological polar surface area (TPSA) is 55.1 Å². The summed E-state index contributed by atoms with van der Waals surface area (Å²) >= 11 is 0. The summed E-state index contributed by atoms with van der Waals surface area (Å²) < 4.78 is 13.4. The zero-order valence-corrected chi connectivity index (χ0v) is 11.6. The van der Waals surface area contributed by atoms with Crippen molar-refractivity contribution in [2.75, 3.05) is 6.54 Å². The Kier molecular flexibility index (Phi) is 4.41. The Morgan fingerprint density at radius 3 is 2.80 bits per heavy atom. The molecule has 0 heterocycles. The largest absolute Gasteiger partial charge is 0.347 e. The molecule has 0 saturated heterocycles. The van der Waals surface area contributed by atoms with Gasteiger partial charge in [0.1, 0.15) is 5.82 Å². The smallest absolute Gasteiger partial charge is 0.253 e. The van der Waals surface area contributed by atoms with Gasteiger partial charge in [0.15, 0.2) is 0 Å². The Labute approximate surface area is 118 Å². The van der Waals surface area contributed by atoms with Crippen LogP contribution in [-0.2, 0) is 0 Å². The van der Waals surface area contributed by atoms with Crippen LogP contribution in [0.4, 0.5) is 4.39 Å². The first kappa shape index (κ1) is 14.5. The van der Waals surface area contributed by atoms with E-state index in [9.17, 15) is 9.18 Å². The van der Waals surface area contributed by atoms with E-state index in [0.717, 1.165) is 25.7 Å². The summed E-state index contributed by atoms with van der Waals surface area (Å²) in [5.41, 5.74) is 5.93. The van der Waals surface area contributed by atoms with Crippen LogP contribution in [0.1, 0.15) is 48.5 Å². The maximum Gasteiger partial charge on any atom is 0.253 e. The first-order valence-corrected chi connectivity index (χ1v) is 6.85. The van der Waals surface area contributed by atoms with E-state index in [0.29, 0.717) is 5.56 Å². The second kappa shape index (κ2) is 6.06. The van der Waals surface area contributed by atoms with Gasteiger partial charge in [0.05, 0.1) is 12.1 Å². The molecule has 3 nitrogen and oxygen atoms in total. The molecule has 0 radical (unpaired) electrons. The van der Waals surface area contributed by atoms with Gasteiger partial charge in [-0.3, -0.25) is 4.79 Å². The maximum atomic E-state index is 13.4. The minimum Gasteiger partial charge on any atom is -0.347 e. The van der Waals surface area contributed by atoms with Crippen molar-refractivity contribution in [3.8, 4) is 11.8 Å². The molecule has 0 aromatic heterocycles. The number of carbonyl (C=O) groups excluding carboxylic acids is 1. The number of nitrogens with one attached hydrogen (secondary N) is 1. The van der Waals surface area contributed by atoms with Crippen LogP contribution in [0.25, 0.3) is 0 Å². The third kappa shape index (κ3) is 3.37. The van der Waals surface area contributed by atoms with Crippen molar-refractivity contribution in [1.82, 2.24) is 5.32 Å². The molecule has 1 aliphatic carbocycles. The van der Waals surface area contributed by atoms with Crippen molar-refractivity contribution < 1.29 is 9.18 Å². The lowest BCUT2D eigenvalue weighted by molar-refractivity contribution is 0.0907. The molecule has 4 heteroatoms. The van der Waals surface area contributed by atoms with E-state index >= 15 is 0 Å². The summed E-state index contributed by atoms with van der Waals surface area (Å²) in [6.45, 7) is 2.23.